The number of carbonyl (C=O) groups excluding carboxylic acids is 1. The smallest absolute Gasteiger partial charge is 0.416 e. The van der Waals surface area contributed by atoms with E-state index >= 15 is 0 Å². The van der Waals surface area contributed by atoms with Crippen LogP contribution in [-0.4, -0.2) is 33.1 Å². The molecule has 0 spiro atoms. The Morgan fingerprint density at radius 3 is 2.03 bits per heavy atom. The SMILES string of the molecule is CC(c1ccc(C(F)(F)F)cc1)=S(C)(=O)NC(=S)NC(=O)OCC1c2ccccc2-c2ccccc21. The molecule has 2 N–H and O–H groups in total. The molecule has 0 aliphatic heterocycles. The molecule has 1 amide bonds. The van der Waals surface area contributed by atoms with E-state index in [1.54, 1.807) is 0 Å². The Balaban J connectivity index is 1.40. The van der Waals surface area contributed by atoms with Crippen LogP contribution in [0.2, 0.25) is 0 Å². The predicted octanol–water partition coefficient (Wildman–Crippen LogP) is 5.49. The summed E-state index contributed by atoms with van der Waals surface area (Å²) in [5.41, 5.74) is 3.86. The van der Waals surface area contributed by atoms with Crippen molar-refractivity contribution < 1.29 is 26.9 Å². The molecular formula is C26H23F3N2O3S2. The van der Waals surface area contributed by atoms with Gasteiger partial charge in [-0.15, -0.1) is 0 Å². The number of amides is 1. The number of fused-ring (bicyclic) bond motifs is 3. The molecule has 5 nitrogen and oxygen atoms in total. The van der Waals surface area contributed by atoms with Gasteiger partial charge < -0.3 is 4.74 Å². The van der Waals surface area contributed by atoms with Crippen LogP contribution in [0.1, 0.15) is 35.1 Å². The van der Waals surface area contributed by atoms with Crippen molar-refractivity contribution in [3.05, 3.63) is 95.1 Å². The van der Waals surface area contributed by atoms with Crippen LogP contribution in [0.3, 0.4) is 0 Å². The van der Waals surface area contributed by atoms with Crippen LogP contribution in [-0.2, 0) is 20.6 Å². The summed E-state index contributed by atoms with van der Waals surface area (Å²) in [6.45, 7) is 1.61. The lowest BCUT2D eigenvalue weighted by atomic mass is 9.98. The minimum absolute atomic E-state index is 0.0840. The van der Waals surface area contributed by atoms with Crippen LogP contribution in [0.4, 0.5) is 18.0 Å². The molecule has 0 saturated carbocycles. The predicted molar refractivity (Wildman–Crippen MR) is 139 cm³/mol. The zero-order valence-corrected chi connectivity index (χ0v) is 21.0. The first-order chi connectivity index (χ1) is 17.0. The summed E-state index contributed by atoms with van der Waals surface area (Å²) in [7, 11) is -2.99. The van der Waals surface area contributed by atoms with Gasteiger partial charge in [0, 0.05) is 17.0 Å². The molecule has 1 aliphatic carbocycles. The Morgan fingerprint density at radius 2 is 1.50 bits per heavy atom. The van der Waals surface area contributed by atoms with E-state index in [9.17, 15) is 22.2 Å². The first-order valence-electron chi connectivity index (χ1n) is 10.9. The van der Waals surface area contributed by atoms with Crippen molar-refractivity contribution in [2.75, 3.05) is 12.9 Å². The van der Waals surface area contributed by atoms with Gasteiger partial charge in [-0.25, -0.2) is 9.00 Å². The summed E-state index contributed by atoms with van der Waals surface area (Å²) >= 11 is 5.13. The van der Waals surface area contributed by atoms with Crippen LogP contribution in [0.15, 0.2) is 72.8 Å². The van der Waals surface area contributed by atoms with Crippen LogP contribution in [0.25, 0.3) is 11.1 Å². The fourth-order valence-electron chi connectivity index (χ4n) is 4.12. The van der Waals surface area contributed by atoms with E-state index in [-0.39, 0.29) is 22.5 Å². The van der Waals surface area contributed by atoms with Crippen LogP contribution in [0, 0.1) is 0 Å². The van der Waals surface area contributed by atoms with E-state index in [1.807, 2.05) is 48.5 Å². The lowest BCUT2D eigenvalue weighted by Gasteiger charge is -2.17. The third-order valence-corrected chi connectivity index (χ3v) is 8.38. The van der Waals surface area contributed by atoms with Gasteiger partial charge in [-0.3, -0.25) is 10.0 Å². The van der Waals surface area contributed by atoms with E-state index in [0.29, 0.717) is 5.56 Å². The molecule has 1 atom stereocenters. The maximum absolute atomic E-state index is 13.2. The highest BCUT2D eigenvalue weighted by Crippen LogP contribution is 2.44. The Bertz CT molecular complexity index is 1400. The van der Waals surface area contributed by atoms with Crippen molar-refractivity contribution in [3.63, 3.8) is 0 Å². The Labute approximate surface area is 212 Å². The topological polar surface area (TPSA) is 67.4 Å². The first-order valence-corrected chi connectivity index (χ1v) is 13.3. The summed E-state index contributed by atoms with van der Waals surface area (Å²) in [5, 5.41) is 2.14. The maximum atomic E-state index is 13.2. The van der Waals surface area contributed by atoms with Gasteiger partial charge in [0.2, 0.25) is 0 Å². The molecule has 4 rings (SSSR count). The minimum atomic E-state index is -4.47. The van der Waals surface area contributed by atoms with E-state index in [1.165, 1.54) is 25.3 Å². The van der Waals surface area contributed by atoms with Crippen LogP contribution < -0.4 is 10.0 Å². The number of benzene rings is 3. The third-order valence-electron chi connectivity index (χ3n) is 6.05. The highest BCUT2D eigenvalue weighted by Gasteiger charge is 2.30. The van der Waals surface area contributed by atoms with Gasteiger partial charge in [-0.05, 0) is 59.1 Å². The van der Waals surface area contributed by atoms with Crippen molar-refractivity contribution in [3.8, 4) is 11.1 Å². The summed E-state index contributed by atoms with van der Waals surface area (Å²) in [5.74, 6) is -0.129. The highest BCUT2D eigenvalue weighted by molar-refractivity contribution is 8.01. The van der Waals surface area contributed by atoms with E-state index in [4.69, 9.17) is 17.0 Å². The number of hydrogen-bond donors (Lipinski definition) is 2. The van der Waals surface area contributed by atoms with Gasteiger partial charge in [0.25, 0.3) is 0 Å². The molecule has 0 saturated heterocycles. The molecule has 1 aliphatic rings. The quantitative estimate of drug-likeness (QED) is 0.345. The molecule has 0 aromatic heterocycles. The number of hydrogen-bond acceptors (Lipinski definition) is 4. The molecule has 188 valence electrons. The molecule has 36 heavy (non-hydrogen) atoms. The second-order valence-electron chi connectivity index (χ2n) is 8.36. The van der Waals surface area contributed by atoms with E-state index < -0.39 is 27.5 Å². The van der Waals surface area contributed by atoms with E-state index in [0.717, 1.165) is 34.4 Å². The second kappa shape index (κ2) is 9.94. The van der Waals surface area contributed by atoms with Crippen molar-refractivity contribution >= 4 is 38.0 Å². The fraction of sp³-hybridized carbons (Fsp3) is 0.192. The van der Waals surface area contributed by atoms with E-state index in [2.05, 4.69) is 10.0 Å². The second-order valence-corrected chi connectivity index (χ2v) is 11.3. The molecular weight excluding hydrogens is 509 g/mol. The molecule has 0 fully saturated rings. The fourth-order valence-corrected chi connectivity index (χ4v) is 5.83. The summed E-state index contributed by atoms with van der Waals surface area (Å²) < 4.78 is 59.6. The molecule has 0 radical (unpaired) electrons. The molecule has 3 aromatic carbocycles. The van der Waals surface area contributed by atoms with Crippen molar-refractivity contribution in [2.24, 2.45) is 0 Å². The van der Waals surface area contributed by atoms with Gasteiger partial charge >= 0.3 is 12.3 Å². The first kappa shape index (κ1) is 25.7. The maximum Gasteiger partial charge on any atom is 0.416 e. The Hall–Kier alpha value is -3.37. The lowest BCUT2D eigenvalue weighted by molar-refractivity contribution is -0.137. The average Bonchev–Trinajstić information content (AvgIpc) is 3.15. The van der Waals surface area contributed by atoms with Gasteiger partial charge in [0.05, 0.1) is 15.3 Å². The van der Waals surface area contributed by atoms with Crippen LogP contribution in [0.5, 0.6) is 0 Å². The number of thiocarbonyl (C=S) groups is 1. The number of nitrogens with one attached hydrogen (secondary N) is 2. The summed E-state index contributed by atoms with van der Waals surface area (Å²) in [6, 6.07) is 20.2. The van der Waals surface area contributed by atoms with Gasteiger partial charge in [-0.2, -0.15) is 13.2 Å². The number of halogens is 3. The normalized spacial score (nSPS) is 14.2. The molecule has 0 bridgehead atoms. The molecule has 0 heterocycles. The molecule has 10 heteroatoms. The standard InChI is InChI=1S/C26H23F3N2O3S2/c1-16(17-11-13-18(14-12-17)26(27,28)29)36(2,33)31-24(35)30-25(32)34-15-23-21-9-5-3-7-19(21)20-8-4-6-10-22(20)23/h3-14,23H,15H2,1-2H3,(H2,30,31,32,33,35). The number of carbonyl (C=O) groups is 1. The number of alkyl carbamates (subject to hydrolysis) is 1. The average molecular weight is 533 g/mol. The van der Waals surface area contributed by atoms with Crippen molar-refractivity contribution in [1.29, 1.82) is 0 Å². The minimum Gasteiger partial charge on any atom is -0.448 e. The van der Waals surface area contributed by atoms with Gasteiger partial charge in [0.1, 0.15) is 6.61 Å². The van der Waals surface area contributed by atoms with Crippen molar-refractivity contribution in [2.45, 2.75) is 19.0 Å². The largest absolute Gasteiger partial charge is 0.448 e. The summed E-state index contributed by atoms with van der Waals surface area (Å²) in [4.78, 5) is 12.7. The number of alkyl halides is 3. The van der Waals surface area contributed by atoms with Crippen LogP contribution >= 0.6 is 12.2 Å². The zero-order chi connectivity index (χ0) is 26.1. The van der Waals surface area contributed by atoms with Gasteiger partial charge in [-0.1, -0.05) is 60.7 Å². The summed E-state index contributed by atoms with van der Waals surface area (Å²) in [6.07, 6.45) is -3.92. The lowest BCUT2D eigenvalue weighted by Crippen LogP contribution is -2.43. The Kier molecular flexibility index (Phi) is 7.10. The zero-order valence-electron chi connectivity index (χ0n) is 19.4. The Morgan fingerprint density at radius 1 is 0.972 bits per heavy atom. The number of rotatable bonds is 4. The monoisotopic (exact) mass is 532 g/mol. The molecule has 1 unspecified atom stereocenters. The van der Waals surface area contributed by atoms with Crippen molar-refractivity contribution in [1.82, 2.24) is 10.0 Å². The highest BCUT2D eigenvalue weighted by atomic mass is 32.2. The third kappa shape index (κ3) is 5.39. The van der Waals surface area contributed by atoms with Gasteiger partial charge in [0.15, 0.2) is 5.11 Å². The number of ether oxygens (including phenoxy) is 1. The molecule has 3 aromatic rings.